The second-order valence-electron chi connectivity index (χ2n) is 7.35. The third kappa shape index (κ3) is 3.25. The number of rotatable bonds is 5. The van der Waals surface area contributed by atoms with Crippen molar-refractivity contribution in [3.63, 3.8) is 0 Å². The minimum atomic E-state index is 0.0836. The quantitative estimate of drug-likeness (QED) is 0.693. The molecule has 0 bridgehead atoms. The first-order chi connectivity index (χ1) is 12.6. The van der Waals surface area contributed by atoms with E-state index in [0.29, 0.717) is 12.3 Å². The molecule has 0 saturated heterocycles. The maximum absolute atomic E-state index is 12.0. The largest absolute Gasteiger partial charge is 0.459 e. The number of furan rings is 1. The maximum atomic E-state index is 12.0. The van der Waals surface area contributed by atoms with E-state index >= 15 is 0 Å². The fraction of sp³-hybridized carbons (Fsp3) is 0.318. The summed E-state index contributed by atoms with van der Waals surface area (Å²) in [6, 6.07) is 18.4. The van der Waals surface area contributed by atoms with Gasteiger partial charge in [-0.15, -0.1) is 0 Å². The van der Waals surface area contributed by atoms with E-state index in [-0.39, 0.29) is 17.9 Å². The van der Waals surface area contributed by atoms with Gasteiger partial charge < -0.3 is 15.1 Å². The molecule has 0 fully saturated rings. The van der Waals surface area contributed by atoms with E-state index in [1.807, 2.05) is 36.4 Å². The normalized spacial score (nSPS) is 18.0. The summed E-state index contributed by atoms with van der Waals surface area (Å²) in [6.07, 6.45) is 0.509. The molecule has 1 amide bonds. The Morgan fingerprint density at radius 3 is 2.73 bits per heavy atom. The van der Waals surface area contributed by atoms with Crippen molar-refractivity contribution in [2.45, 2.75) is 32.2 Å². The number of nitrogens with one attached hydrogen (secondary N) is 2. The van der Waals surface area contributed by atoms with Gasteiger partial charge in [0, 0.05) is 30.0 Å². The van der Waals surface area contributed by atoms with Crippen LogP contribution in [0.4, 0.5) is 5.69 Å². The summed E-state index contributed by atoms with van der Waals surface area (Å²) in [5.74, 6) is 1.59. The topological polar surface area (TPSA) is 54.3 Å². The Morgan fingerprint density at radius 1 is 1.15 bits per heavy atom. The van der Waals surface area contributed by atoms with E-state index in [0.717, 1.165) is 29.0 Å². The molecule has 2 N–H and O–H groups in total. The number of anilines is 1. The lowest BCUT2D eigenvalue weighted by atomic mass is 9.89. The van der Waals surface area contributed by atoms with E-state index in [9.17, 15) is 4.79 Å². The molecule has 1 aliphatic heterocycles. The Kier molecular flexibility index (Phi) is 4.51. The summed E-state index contributed by atoms with van der Waals surface area (Å²) < 4.78 is 6.08. The van der Waals surface area contributed by atoms with Crippen LogP contribution in [-0.2, 0) is 4.79 Å². The molecule has 0 radical (unpaired) electrons. The molecule has 2 aromatic carbocycles. The highest BCUT2D eigenvalue weighted by Gasteiger charge is 2.27. The predicted molar refractivity (Wildman–Crippen MR) is 104 cm³/mol. The number of fused-ring (bicyclic) bond motifs is 2. The average molecular weight is 348 g/mol. The first-order valence-electron chi connectivity index (χ1n) is 9.22. The zero-order valence-electron chi connectivity index (χ0n) is 15.2. The Morgan fingerprint density at radius 2 is 1.92 bits per heavy atom. The first kappa shape index (κ1) is 16.9. The zero-order valence-corrected chi connectivity index (χ0v) is 15.2. The lowest BCUT2D eigenvalue weighted by Gasteiger charge is -2.28. The van der Waals surface area contributed by atoms with Crippen molar-refractivity contribution in [1.82, 2.24) is 5.32 Å². The number of carbonyl (C=O) groups is 1. The molecule has 1 aliphatic rings. The summed E-state index contributed by atoms with van der Waals surface area (Å²) in [5, 5.41) is 7.74. The molecular formula is C22H24N2O2. The summed E-state index contributed by atoms with van der Waals surface area (Å²) in [4.78, 5) is 12.0. The standard InChI is InChI=1S/C22H24N2O2/c1-14(2)22(20-11-15-7-3-6-10-19(15)26-20)23-13-16-12-21(25)24-18-9-5-4-8-17(16)18/h3-11,14,16,22-23H,12-13H2,1-2H3,(H,24,25). The van der Waals surface area contributed by atoms with Gasteiger partial charge in [0.15, 0.2) is 0 Å². The lowest BCUT2D eigenvalue weighted by molar-refractivity contribution is -0.116. The van der Waals surface area contributed by atoms with Gasteiger partial charge in [-0.25, -0.2) is 0 Å². The molecule has 0 spiro atoms. The van der Waals surface area contributed by atoms with E-state index in [4.69, 9.17) is 4.42 Å². The van der Waals surface area contributed by atoms with Crippen LogP contribution < -0.4 is 10.6 Å². The SMILES string of the molecule is CC(C)C(NCC1CC(=O)Nc2ccccc21)c1cc2ccccc2o1. The molecule has 1 aromatic heterocycles. The van der Waals surface area contributed by atoms with Gasteiger partial charge in [-0.2, -0.15) is 0 Å². The maximum Gasteiger partial charge on any atom is 0.225 e. The van der Waals surface area contributed by atoms with Crippen LogP contribution in [0.15, 0.2) is 59.0 Å². The van der Waals surface area contributed by atoms with Crippen LogP contribution in [0.25, 0.3) is 11.0 Å². The van der Waals surface area contributed by atoms with E-state index < -0.39 is 0 Å². The number of carbonyl (C=O) groups excluding carboxylic acids is 1. The molecule has 4 heteroatoms. The van der Waals surface area contributed by atoms with Gasteiger partial charge in [-0.05, 0) is 29.7 Å². The van der Waals surface area contributed by atoms with E-state index in [1.165, 1.54) is 5.56 Å². The van der Waals surface area contributed by atoms with Gasteiger partial charge in [-0.1, -0.05) is 50.2 Å². The van der Waals surface area contributed by atoms with Crippen LogP contribution in [0.3, 0.4) is 0 Å². The minimum absolute atomic E-state index is 0.0836. The first-order valence-corrected chi connectivity index (χ1v) is 9.22. The van der Waals surface area contributed by atoms with Crippen LogP contribution in [0.1, 0.15) is 43.6 Å². The highest BCUT2D eigenvalue weighted by molar-refractivity contribution is 5.94. The van der Waals surface area contributed by atoms with Crippen LogP contribution in [0.5, 0.6) is 0 Å². The molecule has 2 unspecified atom stereocenters. The van der Waals surface area contributed by atoms with Crippen molar-refractivity contribution in [2.24, 2.45) is 5.92 Å². The van der Waals surface area contributed by atoms with Crippen LogP contribution >= 0.6 is 0 Å². The van der Waals surface area contributed by atoms with Crippen molar-refractivity contribution < 1.29 is 9.21 Å². The zero-order chi connectivity index (χ0) is 18.1. The Balaban J connectivity index is 1.55. The van der Waals surface area contributed by atoms with Crippen LogP contribution in [-0.4, -0.2) is 12.5 Å². The second-order valence-corrected chi connectivity index (χ2v) is 7.35. The van der Waals surface area contributed by atoms with Crippen LogP contribution in [0, 0.1) is 5.92 Å². The van der Waals surface area contributed by atoms with Gasteiger partial charge in [-0.3, -0.25) is 4.79 Å². The monoisotopic (exact) mass is 348 g/mol. The molecule has 2 atom stereocenters. The molecule has 26 heavy (non-hydrogen) atoms. The van der Waals surface area contributed by atoms with Gasteiger partial charge in [0.05, 0.1) is 6.04 Å². The van der Waals surface area contributed by atoms with E-state index in [1.54, 1.807) is 0 Å². The minimum Gasteiger partial charge on any atom is -0.459 e. The predicted octanol–water partition coefficient (Wildman–Crippen LogP) is 4.85. The highest BCUT2D eigenvalue weighted by atomic mass is 16.3. The molecule has 0 saturated carbocycles. The smallest absolute Gasteiger partial charge is 0.225 e. The van der Waals surface area contributed by atoms with Gasteiger partial charge in [0.2, 0.25) is 5.91 Å². The van der Waals surface area contributed by atoms with Crippen molar-refractivity contribution in [3.8, 4) is 0 Å². The van der Waals surface area contributed by atoms with Crippen molar-refractivity contribution in [3.05, 3.63) is 65.9 Å². The van der Waals surface area contributed by atoms with Gasteiger partial charge >= 0.3 is 0 Å². The number of hydrogen-bond donors (Lipinski definition) is 2. The van der Waals surface area contributed by atoms with Crippen molar-refractivity contribution in [1.29, 1.82) is 0 Å². The Bertz CT molecular complexity index is 896. The number of hydrogen-bond acceptors (Lipinski definition) is 3. The molecule has 0 aliphatic carbocycles. The number of benzene rings is 2. The lowest BCUT2D eigenvalue weighted by Crippen LogP contribution is -2.33. The summed E-state index contributed by atoms with van der Waals surface area (Å²) in [6.45, 7) is 5.11. The second kappa shape index (κ2) is 6.96. The summed E-state index contributed by atoms with van der Waals surface area (Å²) in [7, 11) is 0. The van der Waals surface area contributed by atoms with Crippen molar-refractivity contribution >= 4 is 22.6 Å². The van der Waals surface area contributed by atoms with Crippen LogP contribution in [0.2, 0.25) is 0 Å². The van der Waals surface area contributed by atoms with E-state index in [2.05, 4.69) is 42.7 Å². The molecule has 3 aromatic rings. The molecule has 2 heterocycles. The molecule has 134 valence electrons. The molecular weight excluding hydrogens is 324 g/mol. The number of para-hydroxylation sites is 2. The Labute approximate surface area is 153 Å². The fourth-order valence-electron chi connectivity index (χ4n) is 3.77. The van der Waals surface area contributed by atoms with Crippen molar-refractivity contribution in [2.75, 3.05) is 11.9 Å². The molecule has 4 nitrogen and oxygen atoms in total. The van der Waals surface area contributed by atoms with Gasteiger partial charge in [0.25, 0.3) is 0 Å². The highest BCUT2D eigenvalue weighted by Crippen LogP contribution is 2.33. The fourth-order valence-corrected chi connectivity index (χ4v) is 3.77. The third-order valence-electron chi connectivity index (χ3n) is 5.11. The summed E-state index contributed by atoms with van der Waals surface area (Å²) in [5.41, 5.74) is 3.05. The third-order valence-corrected chi connectivity index (χ3v) is 5.11. The average Bonchev–Trinajstić information content (AvgIpc) is 3.05. The Hall–Kier alpha value is -2.59. The molecule has 4 rings (SSSR count). The summed E-state index contributed by atoms with van der Waals surface area (Å²) >= 11 is 0. The van der Waals surface area contributed by atoms with Gasteiger partial charge in [0.1, 0.15) is 11.3 Å². The number of amides is 1.